The largest absolute Gasteiger partial charge is 0.483 e. The van der Waals surface area contributed by atoms with Gasteiger partial charge in [0, 0.05) is 30.5 Å². The Kier molecular flexibility index (Phi) is 6.88. The van der Waals surface area contributed by atoms with Gasteiger partial charge in [0.15, 0.2) is 6.61 Å². The third-order valence-electron chi connectivity index (χ3n) is 6.18. The topological polar surface area (TPSA) is 62.7 Å². The summed E-state index contributed by atoms with van der Waals surface area (Å²) >= 11 is 0. The van der Waals surface area contributed by atoms with E-state index in [2.05, 4.69) is 9.88 Å². The molecule has 0 amide bonds. The molecule has 0 bridgehead atoms. The summed E-state index contributed by atoms with van der Waals surface area (Å²) in [6.07, 6.45) is 0.783. The zero-order chi connectivity index (χ0) is 24.3. The number of hydrogen-bond acceptors (Lipinski definition) is 4. The SMILES string of the molecule is CN1CCc2cc(-c3ccccc3OCC(F)(F)F)ccc2[C@H]1CCc1cnccc1C(=O)O. The molecular weight excluding hydrogens is 445 g/mol. The Morgan fingerprint density at radius 2 is 2.00 bits per heavy atom. The lowest BCUT2D eigenvalue weighted by atomic mass is 9.87. The molecule has 0 fully saturated rings. The van der Waals surface area contributed by atoms with E-state index in [4.69, 9.17) is 4.74 Å². The number of halogens is 3. The fraction of sp³-hybridized carbons (Fsp3) is 0.308. The number of alkyl halides is 3. The second-order valence-electron chi connectivity index (χ2n) is 8.44. The number of carbonyl (C=O) groups is 1. The maximum absolute atomic E-state index is 12.7. The zero-order valence-electron chi connectivity index (χ0n) is 18.7. The Morgan fingerprint density at radius 1 is 1.21 bits per heavy atom. The summed E-state index contributed by atoms with van der Waals surface area (Å²) in [6.45, 7) is -0.513. The number of ether oxygens (including phenoxy) is 1. The molecular formula is C26H25F3N2O3. The smallest absolute Gasteiger partial charge is 0.422 e. The van der Waals surface area contributed by atoms with Crippen LogP contribution in [-0.2, 0) is 12.8 Å². The highest BCUT2D eigenvalue weighted by atomic mass is 19.4. The van der Waals surface area contributed by atoms with Crippen molar-refractivity contribution in [2.24, 2.45) is 0 Å². The van der Waals surface area contributed by atoms with Crippen molar-refractivity contribution < 1.29 is 27.8 Å². The number of aryl methyl sites for hydroxylation is 1. The highest BCUT2D eigenvalue weighted by molar-refractivity contribution is 5.89. The summed E-state index contributed by atoms with van der Waals surface area (Å²) in [5.41, 5.74) is 4.66. The Balaban J connectivity index is 1.58. The summed E-state index contributed by atoms with van der Waals surface area (Å²) in [5, 5.41) is 9.45. The summed E-state index contributed by atoms with van der Waals surface area (Å²) in [7, 11) is 2.04. The van der Waals surface area contributed by atoms with Gasteiger partial charge in [0.25, 0.3) is 0 Å². The van der Waals surface area contributed by atoms with Crippen LogP contribution in [0.3, 0.4) is 0 Å². The van der Waals surface area contributed by atoms with Crippen LogP contribution in [0.2, 0.25) is 0 Å². The quantitative estimate of drug-likeness (QED) is 0.491. The van der Waals surface area contributed by atoms with Gasteiger partial charge in [-0.05, 0) is 60.7 Å². The van der Waals surface area contributed by atoms with Crippen LogP contribution < -0.4 is 4.74 Å². The molecule has 1 atom stereocenters. The molecule has 0 spiro atoms. The number of benzene rings is 2. The van der Waals surface area contributed by atoms with Crippen molar-refractivity contribution >= 4 is 5.97 Å². The van der Waals surface area contributed by atoms with E-state index in [0.717, 1.165) is 36.1 Å². The van der Waals surface area contributed by atoms with Crippen LogP contribution >= 0.6 is 0 Å². The molecule has 4 rings (SSSR count). The summed E-state index contributed by atoms with van der Waals surface area (Å²) in [6, 6.07) is 14.3. The van der Waals surface area contributed by atoms with E-state index >= 15 is 0 Å². The van der Waals surface area contributed by atoms with Crippen molar-refractivity contribution in [2.45, 2.75) is 31.5 Å². The monoisotopic (exact) mass is 470 g/mol. The third-order valence-corrected chi connectivity index (χ3v) is 6.18. The molecule has 3 aromatic rings. The fourth-order valence-electron chi connectivity index (χ4n) is 4.50. The minimum absolute atomic E-state index is 0.0939. The van der Waals surface area contributed by atoms with Crippen LogP contribution in [0.4, 0.5) is 13.2 Å². The minimum Gasteiger partial charge on any atom is -0.483 e. The Hall–Kier alpha value is -3.39. The molecule has 0 saturated carbocycles. The molecule has 1 N–H and O–H groups in total. The molecule has 34 heavy (non-hydrogen) atoms. The van der Waals surface area contributed by atoms with Crippen LogP contribution in [0, 0.1) is 0 Å². The molecule has 0 aliphatic carbocycles. The number of rotatable bonds is 7. The van der Waals surface area contributed by atoms with Gasteiger partial charge in [0.05, 0.1) is 5.56 Å². The average Bonchev–Trinajstić information content (AvgIpc) is 2.81. The number of fused-ring (bicyclic) bond motifs is 1. The van der Waals surface area contributed by atoms with Crippen molar-refractivity contribution in [3.63, 3.8) is 0 Å². The molecule has 1 aromatic heterocycles. The Labute approximate surface area is 195 Å². The average molecular weight is 470 g/mol. The number of carboxylic acid groups (broad SMARTS) is 1. The molecule has 5 nitrogen and oxygen atoms in total. The van der Waals surface area contributed by atoms with Crippen molar-refractivity contribution in [3.8, 4) is 16.9 Å². The van der Waals surface area contributed by atoms with E-state index in [1.54, 1.807) is 30.5 Å². The molecule has 0 radical (unpaired) electrons. The second-order valence-corrected chi connectivity index (χ2v) is 8.44. The van der Waals surface area contributed by atoms with Gasteiger partial charge in [-0.15, -0.1) is 0 Å². The first-order valence-electron chi connectivity index (χ1n) is 11.0. The van der Waals surface area contributed by atoms with Gasteiger partial charge in [0.1, 0.15) is 5.75 Å². The molecule has 178 valence electrons. The minimum atomic E-state index is -4.41. The maximum Gasteiger partial charge on any atom is 0.422 e. The lowest BCUT2D eigenvalue weighted by Crippen LogP contribution is -2.32. The van der Waals surface area contributed by atoms with E-state index in [1.165, 1.54) is 12.3 Å². The van der Waals surface area contributed by atoms with E-state index < -0.39 is 18.8 Å². The molecule has 2 heterocycles. The van der Waals surface area contributed by atoms with Crippen molar-refractivity contribution in [2.75, 3.05) is 20.2 Å². The number of para-hydroxylation sites is 1. The lowest BCUT2D eigenvalue weighted by molar-refractivity contribution is -0.153. The standard InChI is InChI=1S/C26H25F3N2O3/c1-31-13-11-18-14-17(21-4-2-3-5-24(21)34-16-26(27,28)29)6-8-20(18)23(31)9-7-19-15-30-12-10-22(19)25(32)33/h2-6,8,10,12,14-15,23H,7,9,11,13,16H2,1H3,(H,32,33)/t23-/m1/s1. The summed E-state index contributed by atoms with van der Waals surface area (Å²) in [5.74, 6) is -0.770. The highest BCUT2D eigenvalue weighted by Crippen LogP contribution is 2.37. The van der Waals surface area contributed by atoms with E-state index in [1.807, 2.05) is 25.2 Å². The molecule has 8 heteroatoms. The first-order chi connectivity index (χ1) is 16.2. The first kappa shape index (κ1) is 23.8. The number of pyridine rings is 1. The van der Waals surface area contributed by atoms with Crippen LogP contribution in [0.15, 0.2) is 60.9 Å². The lowest BCUT2D eigenvalue weighted by Gasteiger charge is -2.35. The van der Waals surface area contributed by atoms with E-state index in [-0.39, 0.29) is 17.4 Å². The van der Waals surface area contributed by atoms with Gasteiger partial charge < -0.3 is 9.84 Å². The molecule has 1 aliphatic rings. The fourth-order valence-corrected chi connectivity index (χ4v) is 4.50. The van der Waals surface area contributed by atoms with Gasteiger partial charge in [-0.3, -0.25) is 9.88 Å². The molecule has 0 unspecified atom stereocenters. The van der Waals surface area contributed by atoms with Crippen LogP contribution in [-0.4, -0.2) is 47.3 Å². The van der Waals surface area contributed by atoms with Crippen molar-refractivity contribution in [3.05, 3.63) is 83.2 Å². The van der Waals surface area contributed by atoms with E-state index in [0.29, 0.717) is 17.5 Å². The predicted octanol–water partition coefficient (Wildman–Crippen LogP) is 5.55. The third kappa shape index (κ3) is 5.39. The predicted molar refractivity (Wildman–Crippen MR) is 122 cm³/mol. The van der Waals surface area contributed by atoms with E-state index in [9.17, 15) is 23.1 Å². The van der Waals surface area contributed by atoms with Crippen molar-refractivity contribution in [1.82, 2.24) is 9.88 Å². The number of hydrogen-bond donors (Lipinski definition) is 1. The molecule has 1 aliphatic heterocycles. The van der Waals surface area contributed by atoms with Crippen LogP contribution in [0.1, 0.15) is 39.5 Å². The highest BCUT2D eigenvalue weighted by Gasteiger charge is 2.29. The maximum atomic E-state index is 12.7. The van der Waals surface area contributed by atoms with Gasteiger partial charge in [0.2, 0.25) is 0 Å². The normalized spacial score (nSPS) is 16.2. The van der Waals surface area contributed by atoms with Crippen LogP contribution in [0.25, 0.3) is 11.1 Å². The van der Waals surface area contributed by atoms with Gasteiger partial charge in [-0.2, -0.15) is 13.2 Å². The number of aromatic nitrogens is 1. The van der Waals surface area contributed by atoms with Gasteiger partial charge in [-0.25, -0.2) is 4.79 Å². The zero-order valence-corrected chi connectivity index (χ0v) is 18.7. The number of nitrogens with zero attached hydrogens (tertiary/aromatic N) is 2. The number of carboxylic acids is 1. The van der Waals surface area contributed by atoms with Gasteiger partial charge in [-0.1, -0.05) is 36.4 Å². The first-order valence-corrected chi connectivity index (χ1v) is 11.0. The van der Waals surface area contributed by atoms with Crippen molar-refractivity contribution in [1.29, 1.82) is 0 Å². The Bertz CT molecular complexity index is 1180. The summed E-state index contributed by atoms with van der Waals surface area (Å²) in [4.78, 5) is 17.9. The van der Waals surface area contributed by atoms with Crippen LogP contribution in [0.5, 0.6) is 5.75 Å². The molecule has 0 saturated heterocycles. The number of aromatic carboxylic acids is 1. The Morgan fingerprint density at radius 3 is 2.76 bits per heavy atom. The van der Waals surface area contributed by atoms with Gasteiger partial charge >= 0.3 is 12.1 Å². The summed E-state index contributed by atoms with van der Waals surface area (Å²) < 4.78 is 43.1. The number of likely N-dealkylation sites (N-methyl/N-ethyl adjacent to an activating group) is 1. The second kappa shape index (κ2) is 9.85. The molecule has 2 aromatic carbocycles.